The minimum absolute atomic E-state index is 0.140. The van der Waals surface area contributed by atoms with Crippen molar-refractivity contribution in [3.8, 4) is 17.5 Å². The third-order valence-electron chi connectivity index (χ3n) is 4.45. The lowest BCUT2D eigenvalue weighted by molar-refractivity contribution is 0.247. The summed E-state index contributed by atoms with van der Waals surface area (Å²) in [7, 11) is 0. The highest BCUT2D eigenvalue weighted by Gasteiger charge is 2.29. The Morgan fingerprint density at radius 3 is 2.87 bits per heavy atom. The summed E-state index contributed by atoms with van der Waals surface area (Å²) in [5, 5.41) is 18.7. The zero-order valence-electron chi connectivity index (χ0n) is 13.5. The summed E-state index contributed by atoms with van der Waals surface area (Å²) < 4.78 is 2.25. The first kappa shape index (κ1) is 16.0. The van der Waals surface area contributed by atoms with Gasteiger partial charge in [-0.25, -0.2) is 0 Å². The van der Waals surface area contributed by atoms with Gasteiger partial charge in [0, 0.05) is 24.0 Å². The molecule has 0 aromatic carbocycles. The van der Waals surface area contributed by atoms with Gasteiger partial charge in [0.25, 0.3) is 0 Å². The van der Waals surface area contributed by atoms with Gasteiger partial charge in [-0.05, 0) is 37.8 Å². The third kappa shape index (κ3) is 3.40. The van der Waals surface area contributed by atoms with Crippen molar-refractivity contribution in [1.29, 1.82) is 5.26 Å². The molecule has 1 saturated carbocycles. The van der Waals surface area contributed by atoms with Crippen molar-refractivity contribution in [2.45, 2.75) is 56.0 Å². The average Bonchev–Trinajstić information content (AvgIpc) is 2.99. The summed E-state index contributed by atoms with van der Waals surface area (Å²) in [5.74, 6) is 1.46. The first-order valence-electron chi connectivity index (χ1n) is 8.12. The number of pyridine rings is 1. The van der Waals surface area contributed by atoms with Crippen molar-refractivity contribution in [2.24, 2.45) is 5.92 Å². The molecular weight excluding hydrogens is 306 g/mol. The van der Waals surface area contributed by atoms with Crippen LogP contribution in [0.2, 0.25) is 0 Å². The van der Waals surface area contributed by atoms with E-state index in [1.165, 1.54) is 31.0 Å². The number of nitrogens with zero attached hydrogens (tertiary/aromatic N) is 5. The number of rotatable bonds is 4. The SMILES string of the molecule is C[C@H](C#N)Sc1nnc(-c2cccnc2)n1[C@@H]1CCCC[C@H]1C. The van der Waals surface area contributed by atoms with E-state index in [2.05, 4.69) is 32.7 Å². The molecule has 2 aromatic heterocycles. The molecule has 1 aliphatic rings. The number of aromatic nitrogens is 4. The summed E-state index contributed by atoms with van der Waals surface area (Å²) >= 11 is 1.49. The van der Waals surface area contributed by atoms with Crippen LogP contribution in [-0.4, -0.2) is 25.0 Å². The summed E-state index contributed by atoms with van der Waals surface area (Å²) in [6.07, 6.45) is 8.49. The second-order valence-corrected chi connectivity index (χ2v) is 7.44. The fraction of sp³-hybridized carbons (Fsp3) is 0.529. The monoisotopic (exact) mass is 327 g/mol. The largest absolute Gasteiger partial charge is 0.299 e. The average molecular weight is 327 g/mol. The Kier molecular flexibility index (Phi) is 4.97. The standard InChI is InChI=1S/C17H21N5S/c1-12-6-3-4-8-15(12)22-16(14-7-5-9-19-11-14)20-21-17(22)23-13(2)10-18/h5,7,9,11-13,15H,3-4,6,8H2,1-2H3/t12-,13-,15-/m1/s1. The van der Waals surface area contributed by atoms with Gasteiger partial charge in [0.05, 0.1) is 11.3 Å². The molecule has 0 aliphatic heterocycles. The maximum atomic E-state index is 9.13. The highest BCUT2D eigenvalue weighted by molar-refractivity contribution is 8.00. The normalized spacial score (nSPS) is 22.5. The van der Waals surface area contributed by atoms with E-state index in [4.69, 9.17) is 5.26 Å². The minimum atomic E-state index is -0.140. The summed E-state index contributed by atoms with van der Waals surface area (Å²) in [4.78, 5) is 4.21. The van der Waals surface area contributed by atoms with Crippen LogP contribution in [-0.2, 0) is 0 Å². The quantitative estimate of drug-likeness (QED) is 0.791. The molecule has 5 nitrogen and oxygen atoms in total. The van der Waals surface area contributed by atoms with Crippen LogP contribution in [0.1, 0.15) is 45.6 Å². The summed E-state index contributed by atoms with van der Waals surface area (Å²) in [6.45, 7) is 4.21. The zero-order chi connectivity index (χ0) is 16.2. The Balaban J connectivity index is 2.04. The zero-order valence-corrected chi connectivity index (χ0v) is 14.3. The van der Waals surface area contributed by atoms with Crippen molar-refractivity contribution in [3.63, 3.8) is 0 Å². The third-order valence-corrected chi connectivity index (χ3v) is 5.39. The Morgan fingerprint density at radius 2 is 2.17 bits per heavy atom. The molecule has 0 N–H and O–H groups in total. The molecule has 0 unspecified atom stereocenters. The van der Waals surface area contributed by atoms with Gasteiger partial charge in [-0.2, -0.15) is 5.26 Å². The maximum absolute atomic E-state index is 9.13. The molecule has 0 spiro atoms. The minimum Gasteiger partial charge on any atom is -0.299 e. The van der Waals surface area contributed by atoms with E-state index in [1.807, 2.05) is 25.3 Å². The van der Waals surface area contributed by atoms with Gasteiger partial charge >= 0.3 is 0 Å². The van der Waals surface area contributed by atoms with E-state index >= 15 is 0 Å². The van der Waals surface area contributed by atoms with Crippen LogP contribution in [0, 0.1) is 17.2 Å². The molecule has 23 heavy (non-hydrogen) atoms. The molecular formula is C17H21N5S. The predicted molar refractivity (Wildman–Crippen MR) is 90.9 cm³/mol. The fourth-order valence-electron chi connectivity index (χ4n) is 3.21. The smallest absolute Gasteiger partial charge is 0.193 e. The lowest BCUT2D eigenvalue weighted by Crippen LogP contribution is -2.22. The van der Waals surface area contributed by atoms with Crippen molar-refractivity contribution in [3.05, 3.63) is 24.5 Å². The van der Waals surface area contributed by atoms with Gasteiger partial charge in [0.1, 0.15) is 0 Å². The molecule has 0 bridgehead atoms. The highest BCUT2D eigenvalue weighted by Crippen LogP contribution is 2.39. The van der Waals surface area contributed by atoms with Gasteiger partial charge in [-0.15, -0.1) is 10.2 Å². The van der Waals surface area contributed by atoms with Crippen molar-refractivity contribution in [1.82, 2.24) is 19.7 Å². The van der Waals surface area contributed by atoms with Crippen LogP contribution >= 0.6 is 11.8 Å². The fourth-order valence-corrected chi connectivity index (χ4v) is 4.01. The summed E-state index contributed by atoms with van der Waals surface area (Å²) in [5.41, 5.74) is 0.981. The number of nitriles is 1. The molecule has 1 aliphatic carbocycles. The lowest BCUT2D eigenvalue weighted by atomic mass is 9.85. The van der Waals surface area contributed by atoms with E-state index < -0.39 is 0 Å². The van der Waals surface area contributed by atoms with Gasteiger partial charge < -0.3 is 0 Å². The van der Waals surface area contributed by atoms with E-state index in [9.17, 15) is 0 Å². The van der Waals surface area contributed by atoms with Gasteiger partial charge in [-0.1, -0.05) is 31.5 Å². The Bertz CT molecular complexity index is 691. The van der Waals surface area contributed by atoms with Crippen LogP contribution in [0.4, 0.5) is 0 Å². The molecule has 2 aromatic rings. The second kappa shape index (κ2) is 7.14. The van der Waals surface area contributed by atoms with Gasteiger partial charge in [-0.3, -0.25) is 9.55 Å². The van der Waals surface area contributed by atoms with Crippen molar-refractivity contribution in [2.75, 3.05) is 0 Å². The van der Waals surface area contributed by atoms with E-state index in [-0.39, 0.29) is 5.25 Å². The number of hydrogen-bond donors (Lipinski definition) is 0. The van der Waals surface area contributed by atoms with Crippen molar-refractivity contribution < 1.29 is 0 Å². The van der Waals surface area contributed by atoms with E-state index in [0.29, 0.717) is 12.0 Å². The molecule has 120 valence electrons. The van der Waals surface area contributed by atoms with Crippen LogP contribution in [0.5, 0.6) is 0 Å². The first-order chi connectivity index (χ1) is 11.2. The second-order valence-electron chi connectivity index (χ2n) is 6.14. The Morgan fingerprint density at radius 1 is 1.35 bits per heavy atom. The first-order valence-corrected chi connectivity index (χ1v) is 9.00. The van der Waals surface area contributed by atoms with Crippen LogP contribution in [0.3, 0.4) is 0 Å². The number of thioether (sulfide) groups is 1. The van der Waals surface area contributed by atoms with E-state index in [1.54, 1.807) is 6.20 Å². The molecule has 2 heterocycles. The van der Waals surface area contributed by atoms with Gasteiger partial charge in [0.2, 0.25) is 0 Å². The predicted octanol–water partition coefficient (Wildman–Crippen LogP) is 4.10. The molecule has 0 saturated heterocycles. The van der Waals surface area contributed by atoms with Crippen LogP contribution in [0.15, 0.2) is 29.7 Å². The molecule has 1 fully saturated rings. The van der Waals surface area contributed by atoms with Gasteiger partial charge in [0.15, 0.2) is 11.0 Å². The highest BCUT2D eigenvalue weighted by atomic mass is 32.2. The van der Waals surface area contributed by atoms with Crippen molar-refractivity contribution >= 4 is 11.8 Å². The Labute approximate surface area is 141 Å². The van der Waals surface area contributed by atoms with E-state index in [0.717, 1.165) is 23.0 Å². The Hall–Kier alpha value is -1.87. The van der Waals surface area contributed by atoms with Crippen LogP contribution in [0.25, 0.3) is 11.4 Å². The maximum Gasteiger partial charge on any atom is 0.193 e. The molecule has 0 amide bonds. The summed E-state index contributed by atoms with van der Waals surface area (Å²) in [6, 6.07) is 6.60. The molecule has 0 radical (unpaired) electrons. The molecule has 6 heteroatoms. The lowest BCUT2D eigenvalue weighted by Gasteiger charge is -2.31. The molecule has 3 atom stereocenters. The topological polar surface area (TPSA) is 67.4 Å². The van der Waals surface area contributed by atoms with Crippen LogP contribution < -0.4 is 0 Å². The molecule has 3 rings (SSSR count). The number of hydrogen-bond acceptors (Lipinski definition) is 5.